The molecular weight excluding hydrogens is 346 g/mol. The number of nitrogens with zero attached hydrogens (tertiary/aromatic N) is 1. The number of anilines is 1. The Morgan fingerprint density at radius 3 is 2.04 bits per heavy atom. The molecule has 134 valence electrons. The maximum absolute atomic E-state index is 12.7. The molecule has 0 heterocycles. The standard InChI is InChI=1S/C17H19NO6S/c1-3-23-14-8-10-16(11-9-14)25(21,22)18(2)13-4-6-15(7-5-13)24-12-17(19)20/h4-11H,3,12H2,1-2H3,(H,19,20)/p-1. The van der Waals surface area contributed by atoms with Crippen molar-refractivity contribution in [1.29, 1.82) is 0 Å². The van der Waals surface area contributed by atoms with E-state index in [1.165, 1.54) is 43.4 Å². The first-order chi connectivity index (χ1) is 11.8. The zero-order valence-corrected chi connectivity index (χ0v) is 14.7. The second kappa shape index (κ2) is 7.89. The molecule has 0 aliphatic carbocycles. The van der Waals surface area contributed by atoms with Crippen molar-refractivity contribution >= 4 is 21.7 Å². The third-order valence-electron chi connectivity index (χ3n) is 3.35. The molecule has 2 rings (SSSR count). The topological polar surface area (TPSA) is 96.0 Å². The molecule has 0 atom stereocenters. The van der Waals surface area contributed by atoms with Crippen molar-refractivity contribution in [3.05, 3.63) is 48.5 Å². The molecule has 2 aromatic rings. The fourth-order valence-corrected chi connectivity index (χ4v) is 3.26. The van der Waals surface area contributed by atoms with Gasteiger partial charge in [0.15, 0.2) is 0 Å². The molecule has 0 radical (unpaired) electrons. The molecule has 0 saturated carbocycles. The lowest BCUT2D eigenvalue weighted by atomic mass is 10.3. The van der Waals surface area contributed by atoms with E-state index in [2.05, 4.69) is 0 Å². The molecule has 25 heavy (non-hydrogen) atoms. The van der Waals surface area contributed by atoms with E-state index < -0.39 is 22.6 Å². The minimum atomic E-state index is -3.73. The molecule has 0 aromatic heterocycles. The van der Waals surface area contributed by atoms with Gasteiger partial charge in [0.2, 0.25) is 0 Å². The predicted octanol–water partition coefficient (Wildman–Crippen LogP) is 1.04. The van der Waals surface area contributed by atoms with Crippen LogP contribution in [0.25, 0.3) is 0 Å². The zero-order valence-electron chi connectivity index (χ0n) is 13.8. The van der Waals surface area contributed by atoms with Gasteiger partial charge in [-0.1, -0.05) is 0 Å². The minimum absolute atomic E-state index is 0.135. The fourth-order valence-electron chi connectivity index (χ4n) is 2.07. The molecule has 8 heteroatoms. The summed E-state index contributed by atoms with van der Waals surface area (Å²) in [6.45, 7) is 1.77. The first kappa shape index (κ1) is 18.6. The Morgan fingerprint density at radius 2 is 1.52 bits per heavy atom. The Bertz CT molecular complexity index is 815. The number of carbonyl (C=O) groups is 1. The molecular formula is C17H18NO6S-. The molecule has 7 nitrogen and oxygen atoms in total. The SMILES string of the molecule is CCOc1ccc(S(=O)(=O)N(C)c2ccc(OCC(=O)[O-])cc2)cc1. The summed E-state index contributed by atoms with van der Waals surface area (Å²) >= 11 is 0. The third-order valence-corrected chi connectivity index (χ3v) is 5.15. The summed E-state index contributed by atoms with van der Waals surface area (Å²) in [4.78, 5) is 10.5. The second-order valence-electron chi connectivity index (χ2n) is 5.03. The first-order valence-electron chi connectivity index (χ1n) is 7.49. The molecule has 0 N–H and O–H groups in total. The van der Waals surface area contributed by atoms with E-state index in [1.54, 1.807) is 12.1 Å². The van der Waals surface area contributed by atoms with Gasteiger partial charge < -0.3 is 19.4 Å². The molecule has 0 aliphatic rings. The summed E-state index contributed by atoms with van der Waals surface area (Å²) in [5.74, 6) is -0.433. The quantitative estimate of drug-likeness (QED) is 0.694. The molecule has 0 bridgehead atoms. The first-order valence-corrected chi connectivity index (χ1v) is 8.93. The average Bonchev–Trinajstić information content (AvgIpc) is 2.60. The summed E-state index contributed by atoms with van der Waals surface area (Å²) in [5, 5.41) is 10.4. The van der Waals surface area contributed by atoms with Crippen LogP contribution in [0.15, 0.2) is 53.4 Å². The Labute approximate surface area is 146 Å². The van der Waals surface area contributed by atoms with Gasteiger partial charge in [-0.05, 0) is 55.5 Å². The van der Waals surface area contributed by atoms with Crippen LogP contribution in [0.3, 0.4) is 0 Å². The van der Waals surface area contributed by atoms with Gasteiger partial charge >= 0.3 is 0 Å². The molecule has 0 amide bonds. The number of carboxylic acids is 1. The normalized spacial score (nSPS) is 11.0. The van der Waals surface area contributed by atoms with Crippen molar-refractivity contribution in [2.45, 2.75) is 11.8 Å². The van der Waals surface area contributed by atoms with Crippen molar-refractivity contribution in [3.8, 4) is 11.5 Å². The summed E-state index contributed by atoms with van der Waals surface area (Å²) in [6.07, 6.45) is 0. The van der Waals surface area contributed by atoms with Crippen molar-refractivity contribution < 1.29 is 27.8 Å². The van der Waals surface area contributed by atoms with Crippen LogP contribution in [0, 0.1) is 0 Å². The third kappa shape index (κ3) is 4.63. The highest BCUT2D eigenvalue weighted by atomic mass is 32.2. The van der Waals surface area contributed by atoms with Gasteiger partial charge in [-0.3, -0.25) is 4.31 Å². The van der Waals surface area contributed by atoms with Crippen molar-refractivity contribution in [3.63, 3.8) is 0 Å². The van der Waals surface area contributed by atoms with Crippen molar-refractivity contribution in [2.24, 2.45) is 0 Å². The Hall–Kier alpha value is -2.74. The van der Waals surface area contributed by atoms with Crippen LogP contribution in [0.2, 0.25) is 0 Å². The van der Waals surface area contributed by atoms with Crippen LogP contribution in [0.5, 0.6) is 11.5 Å². The maximum Gasteiger partial charge on any atom is 0.264 e. The maximum atomic E-state index is 12.7. The van der Waals surface area contributed by atoms with E-state index >= 15 is 0 Å². The lowest BCUT2D eigenvalue weighted by Crippen LogP contribution is -2.29. The van der Waals surface area contributed by atoms with E-state index in [4.69, 9.17) is 9.47 Å². The second-order valence-corrected chi connectivity index (χ2v) is 7.00. The number of benzene rings is 2. The van der Waals surface area contributed by atoms with Crippen LogP contribution in [-0.4, -0.2) is 34.6 Å². The number of carbonyl (C=O) groups excluding carboxylic acids is 1. The number of hydrogen-bond acceptors (Lipinski definition) is 6. The highest BCUT2D eigenvalue weighted by molar-refractivity contribution is 7.92. The van der Waals surface area contributed by atoms with Gasteiger partial charge in [-0.2, -0.15) is 0 Å². The van der Waals surface area contributed by atoms with Crippen LogP contribution < -0.4 is 18.9 Å². The molecule has 0 unspecified atom stereocenters. The van der Waals surface area contributed by atoms with E-state index in [0.717, 1.165) is 4.31 Å². The van der Waals surface area contributed by atoms with Gasteiger partial charge in [0.05, 0.1) is 23.2 Å². The van der Waals surface area contributed by atoms with Gasteiger partial charge in [-0.25, -0.2) is 8.42 Å². The summed E-state index contributed by atoms with van der Waals surface area (Å²) < 4.78 is 36.7. The summed E-state index contributed by atoms with van der Waals surface area (Å²) in [7, 11) is -2.30. The number of hydrogen-bond donors (Lipinski definition) is 0. The van der Waals surface area contributed by atoms with Gasteiger partial charge in [0.1, 0.15) is 18.1 Å². The van der Waals surface area contributed by atoms with Crippen LogP contribution in [-0.2, 0) is 14.8 Å². The predicted molar refractivity (Wildman–Crippen MR) is 90.1 cm³/mol. The molecule has 0 spiro atoms. The van der Waals surface area contributed by atoms with Crippen molar-refractivity contribution in [2.75, 3.05) is 24.6 Å². The Balaban J connectivity index is 2.17. The molecule has 2 aromatic carbocycles. The Morgan fingerprint density at radius 1 is 1.00 bits per heavy atom. The Kier molecular flexibility index (Phi) is 5.87. The lowest BCUT2D eigenvalue weighted by molar-refractivity contribution is -0.307. The number of ether oxygens (including phenoxy) is 2. The lowest BCUT2D eigenvalue weighted by Gasteiger charge is -2.20. The average molecular weight is 364 g/mol. The smallest absolute Gasteiger partial charge is 0.264 e. The fraction of sp³-hybridized carbons (Fsp3) is 0.235. The van der Waals surface area contributed by atoms with E-state index in [1.807, 2.05) is 6.92 Å². The number of carboxylic acid groups (broad SMARTS) is 1. The largest absolute Gasteiger partial charge is 0.546 e. The van der Waals surface area contributed by atoms with Gasteiger partial charge in [-0.15, -0.1) is 0 Å². The van der Waals surface area contributed by atoms with Crippen LogP contribution >= 0.6 is 0 Å². The highest BCUT2D eigenvalue weighted by Crippen LogP contribution is 2.25. The van der Waals surface area contributed by atoms with Gasteiger partial charge in [0, 0.05) is 7.05 Å². The monoisotopic (exact) mass is 364 g/mol. The number of aliphatic carboxylic acids is 1. The highest BCUT2D eigenvalue weighted by Gasteiger charge is 2.21. The number of sulfonamides is 1. The molecule has 0 fully saturated rings. The number of rotatable bonds is 8. The molecule has 0 saturated heterocycles. The summed E-state index contributed by atoms with van der Waals surface area (Å²) in [6, 6.07) is 12.2. The van der Waals surface area contributed by atoms with E-state index in [9.17, 15) is 18.3 Å². The van der Waals surface area contributed by atoms with E-state index in [0.29, 0.717) is 23.8 Å². The van der Waals surface area contributed by atoms with Crippen LogP contribution in [0.4, 0.5) is 5.69 Å². The summed E-state index contributed by atoms with van der Waals surface area (Å²) in [5.41, 5.74) is 0.412. The van der Waals surface area contributed by atoms with Gasteiger partial charge in [0.25, 0.3) is 10.0 Å². The van der Waals surface area contributed by atoms with Crippen LogP contribution in [0.1, 0.15) is 6.92 Å². The molecule has 0 aliphatic heterocycles. The zero-order chi connectivity index (χ0) is 18.4. The van der Waals surface area contributed by atoms with Crippen molar-refractivity contribution in [1.82, 2.24) is 0 Å². The minimum Gasteiger partial charge on any atom is -0.546 e. The van der Waals surface area contributed by atoms with E-state index in [-0.39, 0.29) is 4.90 Å².